The van der Waals surface area contributed by atoms with Gasteiger partial charge in [0.15, 0.2) is 0 Å². The van der Waals surface area contributed by atoms with Gasteiger partial charge in [-0.3, -0.25) is 9.78 Å². The number of carbonyl (C=O) groups is 1. The summed E-state index contributed by atoms with van der Waals surface area (Å²) >= 11 is 0. The quantitative estimate of drug-likeness (QED) is 0.514. The molecule has 0 bridgehead atoms. The zero-order valence-electron chi connectivity index (χ0n) is 20.5. The zero-order valence-corrected chi connectivity index (χ0v) is 21.4. The lowest BCUT2D eigenvalue weighted by Crippen LogP contribution is -2.51. The Balaban J connectivity index is 1.58. The number of hydrogen-bond donors (Lipinski definition) is 3. The minimum absolute atomic E-state index is 0.0325. The molecule has 2 aliphatic heterocycles. The summed E-state index contributed by atoms with van der Waals surface area (Å²) in [6.45, 7) is 6.25. The number of aliphatic hydroxyl groups is 1. The highest BCUT2D eigenvalue weighted by Crippen LogP contribution is 2.36. The molecule has 0 unspecified atom stereocenters. The number of nitrogens with one attached hydrogen (secondary N) is 2. The van der Waals surface area contributed by atoms with Crippen LogP contribution in [0.4, 0.5) is 5.69 Å². The number of nitrogens with zero attached hydrogens (tertiary/aromatic N) is 2. The van der Waals surface area contributed by atoms with E-state index in [9.17, 15) is 18.3 Å². The average Bonchev–Trinajstić information content (AvgIpc) is 2.83. The molecule has 2 aromatic rings. The van der Waals surface area contributed by atoms with Crippen LogP contribution in [0, 0.1) is 11.3 Å². The Kier molecular flexibility index (Phi) is 7.78. The van der Waals surface area contributed by atoms with Crippen molar-refractivity contribution in [3.63, 3.8) is 0 Å². The number of rotatable bonds is 8. The molecule has 1 amide bonds. The van der Waals surface area contributed by atoms with E-state index in [4.69, 9.17) is 0 Å². The first-order valence-corrected chi connectivity index (χ1v) is 13.8. The lowest BCUT2D eigenvalue weighted by molar-refractivity contribution is -0.134. The highest BCUT2D eigenvalue weighted by Gasteiger charge is 2.34. The second-order valence-electron chi connectivity index (χ2n) is 10.5. The number of anilines is 1. The number of aliphatic hydroxyl groups excluding tert-OH is 1. The van der Waals surface area contributed by atoms with Gasteiger partial charge >= 0.3 is 0 Å². The van der Waals surface area contributed by atoms with Crippen molar-refractivity contribution in [3.05, 3.63) is 53.9 Å². The second kappa shape index (κ2) is 10.6. The van der Waals surface area contributed by atoms with Crippen molar-refractivity contribution in [1.29, 1.82) is 0 Å². The van der Waals surface area contributed by atoms with Gasteiger partial charge in [-0.15, -0.1) is 0 Å². The van der Waals surface area contributed by atoms with Gasteiger partial charge in [0.1, 0.15) is 10.9 Å². The second-order valence-corrected chi connectivity index (χ2v) is 12.2. The van der Waals surface area contributed by atoms with Crippen LogP contribution in [0.15, 0.2) is 47.6 Å². The van der Waals surface area contributed by atoms with Gasteiger partial charge in [0.05, 0.1) is 5.69 Å². The molecule has 8 nitrogen and oxygen atoms in total. The third kappa shape index (κ3) is 6.20. The third-order valence-electron chi connectivity index (χ3n) is 7.06. The van der Waals surface area contributed by atoms with Gasteiger partial charge in [-0.1, -0.05) is 26.0 Å². The molecule has 35 heavy (non-hydrogen) atoms. The van der Waals surface area contributed by atoms with Crippen LogP contribution in [0.25, 0.3) is 0 Å². The van der Waals surface area contributed by atoms with Gasteiger partial charge in [0.25, 0.3) is 0 Å². The number of aromatic nitrogens is 1. The molecule has 0 saturated carbocycles. The average molecular weight is 501 g/mol. The maximum Gasteiger partial charge on any atom is 0.243 e. The van der Waals surface area contributed by atoms with E-state index in [2.05, 4.69) is 28.9 Å². The maximum atomic E-state index is 13.6. The van der Waals surface area contributed by atoms with Crippen molar-refractivity contribution >= 4 is 21.6 Å². The van der Waals surface area contributed by atoms with Gasteiger partial charge in [-0.2, -0.15) is 4.72 Å². The number of pyridine rings is 1. The van der Waals surface area contributed by atoms with E-state index in [0.29, 0.717) is 31.2 Å². The summed E-state index contributed by atoms with van der Waals surface area (Å²) in [4.78, 5) is 19.5. The first-order chi connectivity index (χ1) is 16.7. The number of carbonyl (C=O) groups excluding carboxylic acids is 1. The third-order valence-corrected chi connectivity index (χ3v) is 8.58. The Morgan fingerprint density at radius 1 is 1.23 bits per heavy atom. The van der Waals surface area contributed by atoms with E-state index in [1.54, 1.807) is 41.6 Å². The first kappa shape index (κ1) is 25.6. The van der Waals surface area contributed by atoms with Crippen LogP contribution in [0.5, 0.6) is 0 Å². The summed E-state index contributed by atoms with van der Waals surface area (Å²) < 4.78 is 30.0. The molecule has 2 aliphatic rings. The maximum absolute atomic E-state index is 13.6. The molecule has 1 aromatic heterocycles. The Labute approximate surface area is 208 Å². The summed E-state index contributed by atoms with van der Waals surface area (Å²) in [6, 6.07) is 8.00. The van der Waals surface area contributed by atoms with E-state index in [1.165, 1.54) is 0 Å². The molecular weight excluding hydrogens is 464 g/mol. The van der Waals surface area contributed by atoms with Crippen molar-refractivity contribution in [3.8, 4) is 0 Å². The van der Waals surface area contributed by atoms with Crippen LogP contribution in [-0.4, -0.2) is 61.6 Å². The number of para-hydroxylation sites is 1. The van der Waals surface area contributed by atoms with Gasteiger partial charge in [0, 0.05) is 38.6 Å². The molecule has 0 radical (unpaired) electrons. The molecule has 0 spiro atoms. The van der Waals surface area contributed by atoms with E-state index in [-0.39, 0.29) is 29.2 Å². The lowest BCUT2D eigenvalue weighted by atomic mass is 9.82. The smallest absolute Gasteiger partial charge is 0.243 e. The highest BCUT2D eigenvalue weighted by atomic mass is 32.2. The molecule has 3 heterocycles. The minimum atomic E-state index is -3.97. The van der Waals surface area contributed by atoms with Gasteiger partial charge in [0.2, 0.25) is 15.9 Å². The van der Waals surface area contributed by atoms with E-state index in [1.807, 2.05) is 6.07 Å². The molecule has 4 rings (SSSR count). The number of fused-ring (bicyclic) bond motifs is 1. The van der Waals surface area contributed by atoms with E-state index >= 15 is 0 Å². The van der Waals surface area contributed by atoms with Crippen LogP contribution in [0.3, 0.4) is 0 Å². The number of amides is 1. The monoisotopic (exact) mass is 500 g/mol. The van der Waals surface area contributed by atoms with Crippen molar-refractivity contribution in [2.45, 2.75) is 56.9 Å². The van der Waals surface area contributed by atoms with Crippen LogP contribution < -0.4 is 10.0 Å². The van der Waals surface area contributed by atoms with Gasteiger partial charge in [-0.25, -0.2) is 8.42 Å². The number of piperidine rings is 1. The summed E-state index contributed by atoms with van der Waals surface area (Å²) in [5.74, 6) is 0.178. The zero-order chi connectivity index (χ0) is 25.1. The molecule has 1 aromatic carbocycles. The fraction of sp³-hybridized carbons (Fsp3) is 0.538. The summed E-state index contributed by atoms with van der Waals surface area (Å²) in [5, 5.41) is 12.5. The van der Waals surface area contributed by atoms with Crippen LogP contribution in [0.1, 0.15) is 44.2 Å². The Hall–Kier alpha value is -2.49. The Bertz CT molecular complexity index is 1130. The van der Waals surface area contributed by atoms with Gasteiger partial charge in [-0.05, 0) is 72.8 Å². The molecule has 1 saturated heterocycles. The Morgan fingerprint density at radius 3 is 2.63 bits per heavy atom. The fourth-order valence-electron chi connectivity index (χ4n) is 5.08. The minimum Gasteiger partial charge on any atom is -0.396 e. The van der Waals surface area contributed by atoms with E-state index in [0.717, 1.165) is 36.8 Å². The number of benzene rings is 1. The lowest BCUT2D eigenvalue weighted by Gasteiger charge is -2.35. The van der Waals surface area contributed by atoms with Crippen LogP contribution in [-0.2, 0) is 27.7 Å². The predicted molar refractivity (Wildman–Crippen MR) is 135 cm³/mol. The predicted octanol–water partition coefficient (Wildman–Crippen LogP) is 2.59. The molecule has 1 fully saturated rings. The summed E-state index contributed by atoms with van der Waals surface area (Å²) in [7, 11) is -3.97. The van der Waals surface area contributed by atoms with Gasteiger partial charge < -0.3 is 15.3 Å². The van der Waals surface area contributed by atoms with Crippen LogP contribution in [0.2, 0.25) is 0 Å². The molecule has 9 heteroatoms. The molecular formula is C26H36N4O4S. The SMILES string of the molecule is CC1(C)CNc2c(cccc2S(=O)(=O)N[C@@H](Cc2ccncc2)C(=O)N2CCC(CCO)CC2)C1. The fourth-order valence-corrected chi connectivity index (χ4v) is 6.50. The van der Waals surface area contributed by atoms with Crippen molar-refractivity contribution < 1.29 is 18.3 Å². The normalized spacial score (nSPS) is 19.0. The number of sulfonamides is 1. The molecule has 3 N–H and O–H groups in total. The molecule has 190 valence electrons. The Morgan fingerprint density at radius 2 is 1.94 bits per heavy atom. The number of likely N-dealkylation sites (tertiary alicyclic amines) is 1. The molecule has 0 aliphatic carbocycles. The summed E-state index contributed by atoms with van der Waals surface area (Å²) in [5.41, 5.74) is 2.46. The number of hydrogen-bond acceptors (Lipinski definition) is 6. The van der Waals surface area contributed by atoms with Crippen molar-refractivity contribution in [2.24, 2.45) is 11.3 Å². The molecule has 1 atom stereocenters. The van der Waals surface area contributed by atoms with E-state index < -0.39 is 16.1 Å². The van der Waals surface area contributed by atoms with Crippen molar-refractivity contribution in [1.82, 2.24) is 14.6 Å². The standard InChI is InChI=1S/C26H36N4O4S/c1-26(2)17-21-4-3-5-23(24(21)28-18-26)35(33,34)29-22(16-20-6-11-27-12-7-20)25(32)30-13-8-19(9-14-30)10-15-31/h3-7,11-12,19,22,28-29,31H,8-10,13-18H2,1-2H3/t22-/m0/s1. The first-order valence-electron chi connectivity index (χ1n) is 12.4. The van der Waals surface area contributed by atoms with Crippen LogP contribution >= 0.6 is 0 Å². The van der Waals surface area contributed by atoms with Crippen molar-refractivity contribution in [2.75, 3.05) is 31.6 Å². The largest absolute Gasteiger partial charge is 0.396 e. The topological polar surface area (TPSA) is 112 Å². The summed E-state index contributed by atoms with van der Waals surface area (Å²) in [6.07, 6.45) is 6.67. The highest BCUT2D eigenvalue weighted by molar-refractivity contribution is 7.89.